The van der Waals surface area contributed by atoms with Crippen molar-refractivity contribution in [2.24, 2.45) is 0 Å². The lowest BCUT2D eigenvalue weighted by molar-refractivity contribution is 0.346. The molecule has 2 rings (SSSR count). The molecule has 1 N–H and O–H groups in total. The highest BCUT2D eigenvalue weighted by atomic mass is 15.2. The maximum Gasteiger partial charge on any atom is 0.0992 e. The van der Waals surface area contributed by atoms with Gasteiger partial charge in [-0.3, -0.25) is 0 Å². The molecule has 0 saturated carbocycles. The van der Waals surface area contributed by atoms with Crippen LogP contribution in [0.15, 0.2) is 24.3 Å². The van der Waals surface area contributed by atoms with Crippen LogP contribution in [0.5, 0.6) is 0 Å². The molecule has 4 nitrogen and oxygen atoms in total. The molecule has 19 heavy (non-hydrogen) atoms. The second-order valence-corrected chi connectivity index (χ2v) is 5.37. The average molecular weight is 258 g/mol. The van der Waals surface area contributed by atoms with Gasteiger partial charge in [0.1, 0.15) is 0 Å². The van der Waals surface area contributed by atoms with E-state index in [4.69, 9.17) is 5.26 Å². The van der Waals surface area contributed by atoms with E-state index in [1.54, 1.807) is 0 Å². The maximum atomic E-state index is 9.00. The molecule has 0 aliphatic carbocycles. The van der Waals surface area contributed by atoms with Gasteiger partial charge >= 0.3 is 0 Å². The summed E-state index contributed by atoms with van der Waals surface area (Å²) in [5, 5.41) is 12.6. The van der Waals surface area contributed by atoms with Crippen LogP contribution in [0.25, 0.3) is 0 Å². The number of benzene rings is 1. The van der Waals surface area contributed by atoms with E-state index in [2.05, 4.69) is 41.3 Å². The minimum atomic E-state index is 0.475. The molecule has 0 radical (unpaired) electrons. The molecule has 1 unspecified atom stereocenters. The predicted octanol–water partition coefficient (Wildman–Crippen LogP) is 1.29. The summed E-state index contributed by atoms with van der Waals surface area (Å²) in [6, 6.07) is 10.6. The number of rotatable bonds is 3. The Balaban J connectivity index is 2.11. The lowest BCUT2D eigenvalue weighted by Crippen LogP contribution is -2.44. The van der Waals surface area contributed by atoms with Crippen molar-refractivity contribution < 1.29 is 0 Å². The van der Waals surface area contributed by atoms with E-state index < -0.39 is 0 Å². The van der Waals surface area contributed by atoms with Crippen molar-refractivity contribution in [2.45, 2.75) is 12.5 Å². The number of nitrogens with one attached hydrogen (secondary N) is 1. The lowest BCUT2D eigenvalue weighted by atomic mass is 10.2. The Kier molecular flexibility index (Phi) is 4.78. The third kappa shape index (κ3) is 3.95. The number of likely N-dealkylation sites (N-methyl/N-ethyl adjacent to an activating group) is 1. The van der Waals surface area contributed by atoms with Gasteiger partial charge in [0.25, 0.3) is 0 Å². The van der Waals surface area contributed by atoms with Crippen LogP contribution < -0.4 is 10.2 Å². The Morgan fingerprint density at radius 2 is 2.32 bits per heavy atom. The van der Waals surface area contributed by atoms with Crippen molar-refractivity contribution in [3.63, 3.8) is 0 Å². The predicted molar refractivity (Wildman–Crippen MR) is 78.3 cm³/mol. The van der Waals surface area contributed by atoms with Crippen molar-refractivity contribution in [1.82, 2.24) is 10.2 Å². The van der Waals surface area contributed by atoms with Crippen molar-refractivity contribution >= 4 is 5.69 Å². The van der Waals surface area contributed by atoms with Gasteiger partial charge in [0, 0.05) is 31.4 Å². The molecule has 1 atom stereocenters. The summed E-state index contributed by atoms with van der Waals surface area (Å²) in [7, 11) is 4.21. The van der Waals surface area contributed by atoms with Gasteiger partial charge in [0.05, 0.1) is 11.6 Å². The number of hydrogen-bond acceptors (Lipinski definition) is 4. The van der Waals surface area contributed by atoms with Crippen LogP contribution >= 0.6 is 0 Å². The first kappa shape index (κ1) is 13.9. The third-order valence-electron chi connectivity index (χ3n) is 3.40. The lowest BCUT2D eigenvalue weighted by Gasteiger charge is -2.28. The molecule has 1 saturated heterocycles. The number of hydrogen-bond donors (Lipinski definition) is 1. The molecule has 1 heterocycles. The number of nitriles is 1. The first-order valence-electron chi connectivity index (χ1n) is 6.82. The first-order valence-corrected chi connectivity index (χ1v) is 6.82. The van der Waals surface area contributed by atoms with Crippen molar-refractivity contribution in [3.8, 4) is 6.07 Å². The standard InChI is InChI=1S/C15H22N4/c1-18(2)11-14-12-19(8-4-7-17-14)15-6-3-5-13(9-15)10-16/h3,5-6,9,14,17H,4,7-8,11-12H2,1-2H3. The summed E-state index contributed by atoms with van der Waals surface area (Å²) in [5.74, 6) is 0. The van der Waals surface area contributed by atoms with E-state index >= 15 is 0 Å². The maximum absolute atomic E-state index is 9.00. The molecule has 4 heteroatoms. The van der Waals surface area contributed by atoms with Crippen LogP contribution in [0.2, 0.25) is 0 Å². The molecule has 0 spiro atoms. The van der Waals surface area contributed by atoms with Crippen LogP contribution in [0.4, 0.5) is 5.69 Å². The van der Waals surface area contributed by atoms with Gasteiger partial charge in [0.2, 0.25) is 0 Å². The number of anilines is 1. The quantitative estimate of drug-likeness (QED) is 0.887. The molecule has 1 aliphatic heterocycles. The van der Waals surface area contributed by atoms with Crippen LogP contribution in [-0.2, 0) is 0 Å². The Hall–Kier alpha value is -1.57. The van der Waals surface area contributed by atoms with Crippen molar-refractivity contribution in [1.29, 1.82) is 5.26 Å². The Bertz CT molecular complexity index is 450. The fourth-order valence-corrected chi connectivity index (χ4v) is 2.57. The van der Waals surface area contributed by atoms with E-state index in [0.717, 1.165) is 43.9 Å². The van der Waals surface area contributed by atoms with Gasteiger partial charge in [-0.1, -0.05) is 6.07 Å². The van der Waals surface area contributed by atoms with Gasteiger partial charge in [-0.15, -0.1) is 0 Å². The summed E-state index contributed by atoms with van der Waals surface area (Å²) < 4.78 is 0. The molecule has 0 bridgehead atoms. The Morgan fingerprint density at radius 1 is 1.47 bits per heavy atom. The minimum Gasteiger partial charge on any atom is -0.370 e. The molecule has 1 aromatic carbocycles. The number of nitrogens with zero attached hydrogens (tertiary/aromatic N) is 3. The highest BCUT2D eigenvalue weighted by Gasteiger charge is 2.18. The van der Waals surface area contributed by atoms with E-state index in [0.29, 0.717) is 6.04 Å². The molecular formula is C15H22N4. The van der Waals surface area contributed by atoms with Gasteiger partial charge in [-0.05, 0) is 45.3 Å². The zero-order chi connectivity index (χ0) is 13.7. The highest BCUT2D eigenvalue weighted by molar-refractivity contribution is 5.51. The summed E-state index contributed by atoms with van der Waals surface area (Å²) in [4.78, 5) is 4.60. The summed E-state index contributed by atoms with van der Waals surface area (Å²) in [6.07, 6.45) is 1.14. The Labute approximate surface area is 115 Å². The summed E-state index contributed by atoms with van der Waals surface area (Å²) in [5.41, 5.74) is 1.89. The molecule has 1 fully saturated rings. The highest BCUT2D eigenvalue weighted by Crippen LogP contribution is 2.18. The molecule has 0 amide bonds. The average Bonchev–Trinajstić information content (AvgIpc) is 2.64. The largest absolute Gasteiger partial charge is 0.370 e. The molecule has 102 valence electrons. The second-order valence-electron chi connectivity index (χ2n) is 5.37. The second kappa shape index (κ2) is 6.55. The monoisotopic (exact) mass is 258 g/mol. The summed E-state index contributed by atoms with van der Waals surface area (Å²) in [6.45, 7) is 4.14. The van der Waals surface area contributed by atoms with Crippen LogP contribution in [0.3, 0.4) is 0 Å². The normalized spacial score (nSPS) is 20.1. The first-order chi connectivity index (χ1) is 9.19. The fourth-order valence-electron chi connectivity index (χ4n) is 2.57. The molecule has 0 aromatic heterocycles. The van der Waals surface area contributed by atoms with Crippen LogP contribution in [0.1, 0.15) is 12.0 Å². The molecular weight excluding hydrogens is 236 g/mol. The van der Waals surface area contributed by atoms with Gasteiger partial charge in [-0.2, -0.15) is 5.26 Å². The minimum absolute atomic E-state index is 0.475. The molecule has 1 aliphatic rings. The van der Waals surface area contributed by atoms with E-state index in [9.17, 15) is 0 Å². The smallest absolute Gasteiger partial charge is 0.0992 e. The van der Waals surface area contributed by atoms with Gasteiger partial charge in [0.15, 0.2) is 0 Å². The van der Waals surface area contributed by atoms with Gasteiger partial charge < -0.3 is 15.1 Å². The zero-order valence-corrected chi connectivity index (χ0v) is 11.8. The summed E-state index contributed by atoms with van der Waals surface area (Å²) >= 11 is 0. The SMILES string of the molecule is CN(C)CC1CN(c2cccc(C#N)c2)CCCN1. The van der Waals surface area contributed by atoms with Gasteiger partial charge in [-0.25, -0.2) is 0 Å². The Morgan fingerprint density at radius 3 is 3.05 bits per heavy atom. The topological polar surface area (TPSA) is 42.3 Å². The van der Waals surface area contributed by atoms with Crippen LogP contribution in [-0.4, -0.2) is 51.2 Å². The fraction of sp³-hybridized carbons (Fsp3) is 0.533. The van der Waals surface area contributed by atoms with Crippen molar-refractivity contribution in [2.75, 3.05) is 45.2 Å². The van der Waals surface area contributed by atoms with E-state index in [1.165, 1.54) is 0 Å². The zero-order valence-electron chi connectivity index (χ0n) is 11.8. The van der Waals surface area contributed by atoms with E-state index in [-0.39, 0.29) is 0 Å². The van der Waals surface area contributed by atoms with E-state index in [1.807, 2.05) is 18.2 Å². The van der Waals surface area contributed by atoms with Crippen molar-refractivity contribution in [3.05, 3.63) is 29.8 Å². The van der Waals surface area contributed by atoms with Crippen LogP contribution in [0, 0.1) is 11.3 Å². The third-order valence-corrected chi connectivity index (χ3v) is 3.40. The molecule has 1 aromatic rings.